The van der Waals surface area contributed by atoms with Gasteiger partial charge in [-0.2, -0.15) is 13.2 Å². The molecule has 0 aliphatic carbocycles. The number of hydrogen-bond acceptors (Lipinski definition) is 2. The van der Waals surface area contributed by atoms with Crippen LogP contribution in [0.5, 0.6) is 0 Å². The van der Waals surface area contributed by atoms with E-state index >= 15 is 0 Å². The van der Waals surface area contributed by atoms with E-state index in [0.717, 1.165) is 17.2 Å². The summed E-state index contributed by atoms with van der Waals surface area (Å²) >= 11 is 5.78. The van der Waals surface area contributed by atoms with Crippen molar-refractivity contribution in [3.63, 3.8) is 0 Å². The monoisotopic (exact) mass is 405 g/mol. The van der Waals surface area contributed by atoms with Crippen molar-refractivity contribution in [3.05, 3.63) is 58.1 Å². The van der Waals surface area contributed by atoms with Gasteiger partial charge in [-0.15, -0.1) is 0 Å². The van der Waals surface area contributed by atoms with E-state index in [1.807, 2.05) is 33.8 Å². The maximum atomic E-state index is 12.7. The second-order valence-corrected chi connectivity index (χ2v) is 9.09. The van der Waals surface area contributed by atoms with Gasteiger partial charge in [-0.25, -0.2) is 8.42 Å². The van der Waals surface area contributed by atoms with Crippen molar-refractivity contribution >= 4 is 27.3 Å². The summed E-state index contributed by atoms with van der Waals surface area (Å²) in [6.07, 6.45) is -4.60. The Balaban J connectivity index is 2.37. The second-order valence-electron chi connectivity index (χ2n) is 7.03. The Hall–Kier alpha value is -1.73. The van der Waals surface area contributed by atoms with Gasteiger partial charge >= 0.3 is 6.18 Å². The third-order valence-corrected chi connectivity index (χ3v) is 5.70. The van der Waals surface area contributed by atoms with Crippen LogP contribution in [0.1, 0.15) is 37.5 Å². The zero-order valence-corrected chi connectivity index (χ0v) is 16.3. The van der Waals surface area contributed by atoms with Gasteiger partial charge in [0.1, 0.15) is 4.90 Å². The summed E-state index contributed by atoms with van der Waals surface area (Å²) in [6.45, 7) is 7.99. The maximum absolute atomic E-state index is 12.7. The summed E-state index contributed by atoms with van der Waals surface area (Å²) in [5.41, 5.74) is 1.17. The van der Waals surface area contributed by atoms with Crippen LogP contribution in [0.3, 0.4) is 0 Å². The molecular weight excluding hydrogens is 387 g/mol. The minimum atomic E-state index is -4.60. The highest BCUT2D eigenvalue weighted by Gasteiger charge is 2.32. The van der Waals surface area contributed by atoms with Crippen LogP contribution in [0.4, 0.5) is 18.9 Å². The van der Waals surface area contributed by atoms with Crippen LogP contribution >= 0.6 is 11.6 Å². The number of hydrogen-bond donors (Lipinski definition) is 1. The van der Waals surface area contributed by atoms with Crippen LogP contribution in [-0.2, 0) is 21.6 Å². The number of rotatable bonds is 3. The third kappa shape index (κ3) is 4.51. The summed E-state index contributed by atoms with van der Waals surface area (Å²) in [5.74, 6) is 0. The van der Waals surface area contributed by atoms with E-state index in [9.17, 15) is 21.6 Å². The molecule has 0 bridgehead atoms. The van der Waals surface area contributed by atoms with E-state index < -0.39 is 31.7 Å². The molecule has 0 saturated carbocycles. The van der Waals surface area contributed by atoms with Gasteiger partial charge in [0.05, 0.1) is 10.6 Å². The van der Waals surface area contributed by atoms with Crippen molar-refractivity contribution < 1.29 is 21.6 Å². The second kappa shape index (κ2) is 6.78. The van der Waals surface area contributed by atoms with Gasteiger partial charge in [0, 0.05) is 5.69 Å². The zero-order valence-electron chi connectivity index (χ0n) is 14.7. The molecule has 0 atom stereocenters. The molecule has 0 spiro atoms. The molecule has 1 N–H and O–H groups in total. The summed E-state index contributed by atoms with van der Waals surface area (Å²) in [4.78, 5) is -0.412. The smallest absolute Gasteiger partial charge is 0.280 e. The van der Waals surface area contributed by atoms with Gasteiger partial charge in [0.2, 0.25) is 0 Å². The molecule has 0 saturated heterocycles. The van der Waals surface area contributed by atoms with E-state index in [1.54, 1.807) is 12.1 Å². The fourth-order valence-corrected chi connectivity index (χ4v) is 4.27. The molecule has 3 nitrogen and oxygen atoms in total. The minimum absolute atomic E-state index is 0.0990. The average Bonchev–Trinajstić information content (AvgIpc) is 2.43. The minimum Gasteiger partial charge on any atom is -0.280 e. The highest BCUT2D eigenvalue weighted by atomic mass is 35.5. The van der Waals surface area contributed by atoms with Crippen LogP contribution in [0.2, 0.25) is 5.02 Å². The van der Waals surface area contributed by atoms with Crippen molar-refractivity contribution in [2.45, 2.75) is 44.2 Å². The predicted octanol–water partition coefficient (Wildman–Crippen LogP) is 5.77. The molecule has 2 aromatic rings. The Labute approximate surface area is 156 Å². The number of benzene rings is 2. The molecule has 0 radical (unpaired) electrons. The van der Waals surface area contributed by atoms with E-state index in [2.05, 4.69) is 4.72 Å². The molecule has 0 aromatic heterocycles. The Morgan fingerprint density at radius 3 is 2.08 bits per heavy atom. The summed E-state index contributed by atoms with van der Waals surface area (Å²) in [5, 5.41) is -0.490. The third-order valence-electron chi connectivity index (χ3n) is 3.84. The van der Waals surface area contributed by atoms with E-state index in [1.165, 1.54) is 0 Å². The number of aryl methyl sites for hydroxylation is 1. The van der Waals surface area contributed by atoms with Crippen molar-refractivity contribution in [2.75, 3.05) is 4.72 Å². The first-order valence-electron chi connectivity index (χ1n) is 7.72. The number of alkyl halides is 3. The topological polar surface area (TPSA) is 46.2 Å². The van der Waals surface area contributed by atoms with Crippen LogP contribution in [0, 0.1) is 6.92 Å². The normalized spacial score (nSPS) is 12.9. The lowest BCUT2D eigenvalue weighted by molar-refractivity contribution is -0.137. The first kappa shape index (κ1) is 20.6. The van der Waals surface area contributed by atoms with E-state index in [0.29, 0.717) is 17.8 Å². The van der Waals surface area contributed by atoms with Crippen molar-refractivity contribution in [1.29, 1.82) is 0 Å². The largest absolute Gasteiger partial charge is 0.416 e. The van der Waals surface area contributed by atoms with Crippen molar-refractivity contribution in [3.8, 4) is 0 Å². The Morgan fingerprint density at radius 2 is 1.62 bits per heavy atom. The molecule has 0 fully saturated rings. The summed E-state index contributed by atoms with van der Waals surface area (Å²) in [6, 6.07) is 7.25. The number of sulfonamides is 1. The standard InChI is InChI=1S/C18H19ClF3NO2S/c1-11-9-13(6-7-14(11)17(2,3)4)23-26(24,25)16-8-5-12(10-15(16)19)18(20,21)22/h5-10,23H,1-4H3. The van der Waals surface area contributed by atoms with Crippen LogP contribution in [0.25, 0.3) is 0 Å². The van der Waals surface area contributed by atoms with Gasteiger partial charge in [0.25, 0.3) is 10.0 Å². The van der Waals surface area contributed by atoms with Crippen LogP contribution in [-0.4, -0.2) is 8.42 Å². The van der Waals surface area contributed by atoms with E-state index in [4.69, 9.17) is 11.6 Å². The van der Waals surface area contributed by atoms with E-state index in [-0.39, 0.29) is 5.41 Å². The van der Waals surface area contributed by atoms with Crippen LogP contribution < -0.4 is 4.72 Å². The summed E-state index contributed by atoms with van der Waals surface area (Å²) < 4.78 is 65.5. The van der Waals surface area contributed by atoms with Gasteiger partial charge in [-0.3, -0.25) is 4.72 Å². The molecule has 0 heterocycles. The molecular formula is C18H19ClF3NO2S. The number of halogens is 4. The number of anilines is 1. The molecule has 8 heteroatoms. The van der Waals surface area contributed by atoms with Gasteiger partial charge < -0.3 is 0 Å². The Kier molecular flexibility index (Phi) is 5.36. The predicted molar refractivity (Wildman–Crippen MR) is 97.1 cm³/mol. The molecule has 0 amide bonds. The van der Waals surface area contributed by atoms with Gasteiger partial charge in [0.15, 0.2) is 0 Å². The lowest BCUT2D eigenvalue weighted by atomic mass is 9.84. The summed E-state index contributed by atoms with van der Waals surface area (Å²) in [7, 11) is -4.12. The lowest BCUT2D eigenvalue weighted by Gasteiger charge is -2.22. The first-order chi connectivity index (χ1) is 11.7. The van der Waals surface area contributed by atoms with Crippen molar-refractivity contribution in [2.24, 2.45) is 0 Å². The average molecular weight is 406 g/mol. The molecule has 0 aliphatic heterocycles. The number of nitrogens with one attached hydrogen (secondary N) is 1. The highest BCUT2D eigenvalue weighted by molar-refractivity contribution is 7.92. The maximum Gasteiger partial charge on any atom is 0.416 e. The zero-order chi connectivity index (χ0) is 19.9. The first-order valence-corrected chi connectivity index (χ1v) is 9.58. The molecule has 0 aliphatic rings. The fourth-order valence-electron chi connectivity index (χ4n) is 2.67. The quantitative estimate of drug-likeness (QED) is 0.705. The Morgan fingerprint density at radius 1 is 1.00 bits per heavy atom. The molecule has 2 aromatic carbocycles. The lowest BCUT2D eigenvalue weighted by Crippen LogP contribution is -2.16. The molecule has 0 unspecified atom stereocenters. The van der Waals surface area contributed by atoms with Crippen LogP contribution in [0.15, 0.2) is 41.3 Å². The van der Waals surface area contributed by atoms with Gasteiger partial charge in [-0.1, -0.05) is 38.4 Å². The molecule has 2 rings (SSSR count). The molecule has 26 heavy (non-hydrogen) atoms. The Bertz CT molecular complexity index is 932. The fraction of sp³-hybridized carbons (Fsp3) is 0.333. The SMILES string of the molecule is Cc1cc(NS(=O)(=O)c2ccc(C(F)(F)F)cc2Cl)ccc1C(C)(C)C. The highest BCUT2D eigenvalue weighted by Crippen LogP contribution is 2.34. The molecule has 142 valence electrons. The van der Waals surface area contributed by atoms with Crippen molar-refractivity contribution in [1.82, 2.24) is 0 Å². The van der Waals surface area contributed by atoms with Gasteiger partial charge in [-0.05, 0) is 53.8 Å².